The number of hydrogen-bond donors (Lipinski definition) is 1. The highest BCUT2D eigenvalue weighted by Crippen LogP contribution is 2.23. The van der Waals surface area contributed by atoms with Crippen molar-refractivity contribution in [3.05, 3.63) is 83.9 Å². The number of aryl methyl sites for hydroxylation is 1. The molecule has 0 unspecified atom stereocenters. The van der Waals surface area contributed by atoms with E-state index in [-0.39, 0.29) is 5.91 Å². The Morgan fingerprint density at radius 1 is 0.968 bits per heavy atom. The molecule has 4 aromatic rings. The molecule has 7 nitrogen and oxygen atoms in total. The maximum atomic E-state index is 12.6. The zero-order valence-electron chi connectivity index (χ0n) is 17.1. The van der Waals surface area contributed by atoms with Gasteiger partial charge >= 0.3 is 0 Å². The van der Waals surface area contributed by atoms with Crippen molar-refractivity contribution in [1.82, 2.24) is 20.2 Å². The van der Waals surface area contributed by atoms with Crippen LogP contribution in [0.15, 0.2) is 78.0 Å². The predicted octanol–water partition coefficient (Wildman–Crippen LogP) is 5.13. The Hall–Kier alpha value is -3.65. The number of nitrogens with zero attached hydrogens (tertiary/aromatic N) is 4. The van der Waals surface area contributed by atoms with E-state index in [1.807, 2.05) is 62.4 Å². The summed E-state index contributed by atoms with van der Waals surface area (Å²) in [5.74, 6) is 2.11. The van der Waals surface area contributed by atoms with Crippen molar-refractivity contribution >= 4 is 23.4 Å². The highest BCUT2D eigenvalue weighted by Gasteiger charge is 2.10. The molecule has 4 rings (SSSR count). The number of ether oxygens (including phenoxy) is 1. The maximum absolute atomic E-state index is 12.6. The molecule has 0 aliphatic carbocycles. The highest BCUT2D eigenvalue weighted by atomic mass is 32.2. The molecule has 0 aliphatic rings. The third-order valence-electron chi connectivity index (χ3n) is 4.46. The van der Waals surface area contributed by atoms with Crippen LogP contribution in [0.3, 0.4) is 0 Å². The molecule has 1 heterocycles. The molecular formula is C23H21N5O2S. The number of tetrazole rings is 1. The smallest absolute Gasteiger partial charge is 0.255 e. The van der Waals surface area contributed by atoms with Crippen LogP contribution < -0.4 is 10.1 Å². The van der Waals surface area contributed by atoms with Crippen LogP contribution in [0.5, 0.6) is 11.5 Å². The van der Waals surface area contributed by atoms with E-state index in [2.05, 4.69) is 20.8 Å². The lowest BCUT2D eigenvalue weighted by atomic mass is 10.2. The van der Waals surface area contributed by atoms with E-state index in [0.29, 0.717) is 17.0 Å². The minimum Gasteiger partial charge on any atom is -0.457 e. The van der Waals surface area contributed by atoms with Gasteiger partial charge in [-0.05, 0) is 83.8 Å². The Bertz CT molecular complexity index is 1160. The average molecular weight is 432 g/mol. The summed E-state index contributed by atoms with van der Waals surface area (Å²) in [6.07, 6.45) is 0. The summed E-state index contributed by atoms with van der Waals surface area (Å²) in [5, 5.41) is 15.4. The van der Waals surface area contributed by atoms with Gasteiger partial charge in [0.1, 0.15) is 11.5 Å². The van der Waals surface area contributed by atoms with Gasteiger partial charge < -0.3 is 10.1 Å². The van der Waals surface area contributed by atoms with Gasteiger partial charge in [0.05, 0.1) is 5.69 Å². The molecule has 1 amide bonds. The van der Waals surface area contributed by atoms with Gasteiger partial charge in [-0.25, -0.2) is 0 Å². The van der Waals surface area contributed by atoms with E-state index in [4.69, 9.17) is 4.74 Å². The Morgan fingerprint density at radius 2 is 1.61 bits per heavy atom. The lowest BCUT2D eigenvalue weighted by Crippen LogP contribution is -2.11. The Labute approximate surface area is 184 Å². The van der Waals surface area contributed by atoms with E-state index >= 15 is 0 Å². The number of benzene rings is 3. The van der Waals surface area contributed by atoms with Gasteiger partial charge in [0, 0.05) is 11.3 Å². The van der Waals surface area contributed by atoms with Crippen LogP contribution in [0.2, 0.25) is 0 Å². The molecule has 1 N–H and O–H groups in total. The maximum Gasteiger partial charge on any atom is 0.255 e. The Morgan fingerprint density at radius 3 is 2.26 bits per heavy atom. The summed E-state index contributed by atoms with van der Waals surface area (Å²) in [5.41, 5.74) is 3.23. The first-order chi connectivity index (χ1) is 15.1. The first-order valence-electron chi connectivity index (χ1n) is 9.80. The minimum atomic E-state index is -0.195. The second-order valence-corrected chi connectivity index (χ2v) is 7.98. The van der Waals surface area contributed by atoms with Crippen LogP contribution in [0.25, 0.3) is 5.69 Å². The number of carbonyl (C=O) groups excluding carboxylic acids is 1. The lowest BCUT2D eigenvalue weighted by Gasteiger charge is -2.09. The van der Waals surface area contributed by atoms with E-state index in [1.54, 1.807) is 40.7 Å². The van der Waals surface area contributed by atoms with Crippen LogP contribution in [-0.2, 0) is 0 Å². The molecule has 0 atom stereocenters. The summed E-state index contributed by atoms with van der Waals surface area (Å²) >= 11 is 1.56. The summed E-state index contributed by atoms with van der Waals surface area (Å²) in [4.78, 5) is 12.6. The molecule has 31 heavy (non-hydrogen) atoms. The van der Waals surface area contributed by atoms with E-state index in [0.717, 1.165) is 22.3 Å². The molecular weight excluding hydrogens is 410 g/mol. The van der Waals surface area contributed by atoms with Crippen molar-refractivity contribution in [2.75, 3.05) is 11.1 Å². The van der Waals surface area contributed by atoms with Crippen LogP contribution in [0.4, 0.5) is 5.69 Å². The molecule has 156 valence electrons. The predicted molar refractivity (Wildman–Crippen MR) is 121 cm³/mol. The fourth-order valence-corrected chi connectivity index (χ4v) is 3.48. The summed E-state index contributed by atoms with van der Waals surface area (Å²) in [7, 11) is 0. The van der Waals surface area contributed by atoms with Crippen LogP contribution in [0, 0.1) is 6.92 Å². The second kappa shape index (κ2) is 9.44. The van der Waals surface area contributed by atoms with Crippen molar-refractivity contribution in [2.45, 2.75) is 19.0 Å². The van der Waals surface area contributed by atoms with Gasteiger partial charge in [-0.3, -0.25) is 4.79 Å². The molecule has 0 saturated heterocycles. The second-order valence-electron chi connectivity index (χ2n) is 6.75. The van der Waals surface area contributed by atoms with E-state index in [9.17, 15) is 4.79 Å². The number of aromatic nitrogens is 4. The topological polar surface area (TPSA) is 81.9 Å². The molecule has 0 saturated carbocycles. The summed E-state index contributed by atoms with van der Waals surface area (Å²) < 4.78 is 7.48. The van der Waals surface area contributed by atoms with Gasteiger partial charge in [0.25, 0.3) is 5.91 Å². The van der Waals surface area contributed by atoms with E-state index in [1.165, 1.54) is 5.56 Å². The summed E-state index contributed by atoms with van der Waals surface area (Å²) in [6.45, 7) is 4.07. The van der Waals surface area contributed by atoms with Gasteiger partial charge in [-0.2, -0.15) is 4.68 Å². The number of thioether (sulfide) groups is 1. The number of carbonyl (C=O) groups is 1. The van der Waals surface area contributed by atoms with Crippen molar-refractivity contribution in [2.24, 2.45) is 0 Å². The van der Waals surface area contributed by atoms with Gasteiger partial charge in [-0.15, -0.1) is 5.10 Å². The third-order valence-corrected chi connectivity index (χ3v) is 5.26. The molecule has 0 bridgehead atoms. The van der Waals surface area contributed by atoms with Gasteiger partial charge in [-0.1, -0.05) is 36.4 Å². The molecule has 1 aromatic heterocycles. The summed E-state index contributed by atoms with van der Waals surface area (Å²) in [6, 6.07) is 22.2. The van der Waals surface area contributed by atoms with Crippen LogP contribution >= 0.6 is 11.8 Å². The third kappa shape index (κ3) is 5.10. The molecule has 3 aromatic carbocycles. The Kier molecular flexibility index (Phi) is 6.28. The number of nitrogens with one attached hydrogen (secondary N) is 1. The van der Waals surface area contributed by atoms with E-state index < -0.39 is 0 Å². The molecule has 8 heteroatoms. The molecule has 0 spiro atoms. The van der Waals surface area contributed by atoms with Gasteiger partial charge in [0.2, 0.25) is 5.16 Å². The number of amides is 1. The minimum absolute atomic E-state index is 0.195. The van der Waals surface area contributed by atoms with Crippen molar-refractivity contribution in [3.8, 4) is 17.2 Å². The first kappa shape index (κ1) is 20.6. The van der Waals surface area contributed by atoms with Gasteiger partial charge in [0.15, 0.2) is 0 Å². The monoisotopic (exact) mass is 431 g/mol. The van der Waals surface area contributed by atoms with Crippen LogP contribution in [0.1, 0.15) is 22.8 Å². The zero-order chi connectivity index (χ0) is 21.6. The fourth-order valence-electron chi connectivity index (χ4n) is 2.87. The number of hydrogen-bond acceptors (Lipinski definition) is 6. The molecule has 0 fully saturated rings. The quantitative estimate of drug-likeness (QED) is 0.409. The SMILES string of the molecule is CCSc1nnnn1-c1ccc(NC(=O)c2ccc(Oc3ccc(C)cc3)cc2)cc1. The first-order valence-corrected chi connectivity index (χ1v) is 10.8. The number of rotatable bonds is 7. The largest absolute Gasteiger partial charge is 0.457 e. The number of anilines is 1. The van der Waals surface area contributed by atoms with Crippen molar-refractivity contribution in [1.29, 1.82) is 0 Å². The Balaban J connectivity index is 1.39. The normalized spacial score (nSPS) is 10.6. The van der Waals surface area contributed by atoms with Crippen molar-refractivity contribution < 1.29 is 9.53 Å². The molecule has 0 aliphatic heterocycles. The van der Waals surface area contributed by atoms with Crippen LogP contribution in [-0.4, -0.2) is 31.9 Å². The lowest BCUT2D eigenvalue weighted by molar-refractivity contribution is 0.102. The standard InChI is InChI=1S/C23H21N5O2S/c1-3-31-23-25-26-27-28(23)19-10-8-18(9-11-19)24-22(29)17-6-14-21(15-7-17)30-20-12-4-16(2)5-13-20/h4-15H,3H2,1-2H3,(H,24,29). The van der Waals surface area contributed by atoms with Crippen molar-refractivity contribution in [3.63, 3.8) is 0 Å². The zero-order valence-corrected chi connectivity index (χ0v) is 18.0. The molecule has 0 radical (unpaired) electrons. The fraction of sp³-hybridized carbons (Fsp3) is 0.130. The highest BCUT2D eigenvalue weighted by molar-refractivity contribution is 7.99. The average Bonchev–Trinajstić information content (AvgIpc) is 3.25.